The minimum Gasteiger partial charge on any atom is -0.326 e. The maximum Gasteiger partial charge on any atom is 0.214 e. The molecular formula is C20H32N6+2. The highest BCUT2D eigenvalue weighted by Gasteiger charge is 2.36. The molecule has 2 N–H and O–H groups in total. The van der Waals surface area contributed by atoms with Gasteiger partial charge in [-0.1, -0.05) is 49.6 Å². The topological polar surface area (TPSA) is 52.5 Å². The van der Waals surface area contributed by atoms with E-state index in [1.807, 2.05) is 0 Å². The van der Waals surface area contributed by atoms with Crippen molar-refractivity contribution in [2.75, 3.05) is 32.7 Å². The first kappa shape index (κ1) is 17.6. The standard InChI is InChI=1S/C20H30N6/c1-2-24-13-15-25(16-14-24)19(17-9-5-3-6-10-17)20-21-22-23-26(20)18-11-7-4-8-12-18/h3,5-6,9-10,18-19H,2,4,7-8,11-16H2,1H3/p+2/t19-/m0/s1. The molecule has 1 aliphatic carbocycles. The maximum absolute atomic E-state index is 4.56. The molecule has 0 amide bonds. The lowest BCUT2D eigenvalue weighted by Gasteiger charge is -2.34. The van der Waals surface area contributed by atoms with Crippen LogP contribution in [-0.2, 0) is 0 Å². The van der Waals surface area contributed by atoms with E-state index in [-0.39, 0.29) is 6.04 Å². The lowest BCUT2D eigenvalue weighted by molar-refractivity contribution is -1.02. The van der Waals surface area contributed by atoms with Gasteiger partial charge in [-0.15, -0.1) is 5.10 Å². The number of piperazine rings is 1. The molecule has 2 heterocycles. The Balaban J connectivity index is 1.65. The zero-order valence-electron chi connectivity index (χ0n) is 15.9. The normalized spacial score (nSPS) is 25.9. The van der Waals surface area contributed by atoms with Gasteiger partial charge in [-0.25, -0.2) is 4.68 Å². The Kier molecular flexibility index (Phi) is 5.60. The van der Waals surface area contributed by atoms with Gasteiger partial charge < -0.3 is 9.80 Å². The largest absolute Gasteiger partial charge is 0.326 e. The summed E-state index contributed by atoms with van der Waals surface area (Å²) in [5.41, 5.74) is 1.34. The van der Waals surface area contributed by atoms with Crippen molar-refractivity contribution in [1.29, 1.82) is 0 Å². The molecule has 2 aliphatic rings. The van der Waals surface area contributed by atoms with E-state index in [2.05, 4.69) is 57.5 Å². The quantitative estimate of drug-likeness (QED) is 0.797. The van der Waals surface area contributed by atoms with Gasteiger partial charge in [0.15, 0.2) is 6.04 Å². The second-order valence-corrected chi connectivity index (χ2v) is 7.88. The van der Waals surface area contributed by atoms with Gasteiger partial charge in [0.1, 0.15) is 26.2 Å². The van der Waals surface area contributed by atoms with Crippen molar-refractivity contribution in [3.05, 3.63) is 41.7 Å². The predicted octanol–water partition coefficient (Wildman–Crippen LogP) is 0.0710. The molecule has 1 aromatic heterocycles. The molecular weight excluding hydrogens is 324 g/mol. The van der Waals surface area contributed by atoms with E-state index in [4.69, 9.17) is 0 Å². The van der Waals surface area contributed by atoms with Gasteiger partial charge in [0, 0.05) is 5.56 Å². The van der Waals surface area contributed by atoms with Gasteiger partial charge in [0.25, 0.3) is 0 Å². The zero-order valence-corrected chi connectivity index (χ0v) is 15.9. The molecule has 1 saturated heterocycles. The van der Waals surface area contributed by atoms with Crippen LogP contribution >= 0.6 is 0 Å². The maximum atomic E-state index is 4.56. The Morgan fingerprint density at radius 1 is 1.04 bits per heavy atom. The summed E-state index contributed by atoms with van der Waals surface area (Å²) < 4.78 is 2.17. The summed E-state index contributed by atoms with van der Waals surface area (Å²) in [6, 6.07) is 11.6. The number of rotatable bonds is 5. The average Bonchev–Trinajstić information content (AvgIpc) is 3.19. The van der Waals surface area contributed by atoms with Crippen molar-refractivity contribution in [2.45, 2.75) is 51.1 Å². The van der Waals surface area contributed by atoms with E-state index in [9.17, 15) is 0 Å². The monoisotopic (exact) mass is 356 g/mol. The highest BCUT2D eigenvalue weighted by molar-refractivity contribution is 5.22. The van der Waals surface area contributed by atoms with Gasteiger partial charge in [0.2, 0.25) is 5.82 Å². The molecule has 0 unspecified atom stereocenters. The minimum absolute atomic E-state index is 0.242. The van der Waals surface area contributed by atoms with Crippen LogP contribution in [-0.4, -0.2) is 52.9 Å². The molecule has 0 radical (unpaired) electrons. The van der Waals surface area contributed by atoms with Crippen LogP contribution in [0.2, 0.25) is 0 Å². The van der Waals surface area contributed by atoms with Crippen molar-refractivity contribution in [1.82, 2.24) is 20.2 Å². The summed E-state index contributed by atoms with van der Waals surface area (Å²) in [5.74, 6) is 1.07. The van der Waals surface area contributed by atoms with E-state index in [0.717, 1.165) is 5.82 Å². The number of tetrazole rings is 1. The van der Waals surface area contributed by atoms with Crippen LogP contribution < -0.4 is 9.80 Å². The predicted molar refractivity (Wildman–Crippen MR) is 100 cm³/mol. The highest BCUT2D eigenvalue weighted by Crippen LogP contribution is 2.29. The van der Waals surface area contributed by atoms with Gasteiger partial charge in [0.05, 0.1) is 12.6 Å². The molecule has 140 valence electrons. The van der Waals surface area contributed by atoms with E-state index in [1.165, 1.54) is 70.4 Å². The molecule has 6 nitrogen and oxygen atoms in total. The first-order chi connectivity index (χ1) is 12.9. The van der Waals surface area contributed by atoms with Gasteiger partial charge in [-0.3, -0.25) is 0 Å². The Labute approximate surface area is 156 Å². The average molecular weight is 357 g/mol. The van der Waals surface area contributed by atoms with E-state index in [1.54, 1.807) is 9.80 Å². The molecule has 1 atom stereocenters. The van der Waals surface area contributed by atoms with E-state index < -0.39 is 0 Å². The molecule has 1 saturated carbocycles. The summed E-state index contributed by atoms with van der Waals surface area (Å²) in [4.78, 5) is 3.33. The van der Waals surface area contributed by atoms with Gasteiger partial charge in [-0.05, 0) is 30.2 Å². The molecule has 0 spiro atoms. The second-order valence-electron chi connectivity index (χ2n) is 7.88. The molecule has 2 fully saturated rings. The number of aromatic nitrogens is 4. The third kappa shape index (κ3) is 3.67. The van der Waals surface area contributed by atoms with E-state index >= 15 is 0 Å². The second kappa shape index (κ2) is 8.27. The van der Waals surface area contributed by atoms with E-state index in [0.29, 0.717) is 6.04 Å². The SMILES string of the molecule is CC[NH+]1CC[NH+]([C@@H](c2ccccc2)c2nnnn2C2CCCCC2)CC1. The first-order valence-electron chi connectivity index (χ1n) is 10.4. The number of quaternary nitrogens is 2. The number of nitrogens with zero attached hydrogens (tertiary/aromatic N) is 4. The third-order valence-corrected chi connectivity index (χ3v) is 6.34. The van der Waals surface area contributed by atoms with Crippen molar-refractivity contribution >= 4 is 0 Å². The highest BCUT2D eigenvalue weighted by atomic mass is 15.6. The van der Waals surface area contributed by atoms with Crippen molar-refractivity contribution in [3.63, 3.8) is 0 Å². The smallest absolute Gasteiger partial charge is 0.214 e. The molecule has 2 aromatic rings. The summed E-state index contributed by atoms with van der Waals surface area (Å²) in [6.45, 7) is 8.35. The molecule has 0 bridgehead atoms. The van der Waals surface area contributed by atoms with Crippen molar-refractivity contribution in [3.8, 4) is 0 Å². The fourth-order valence-electron chi connectivity index (χ4n) is 4.76. The Morgan fingerprint density at radius 3 is 2.46 bits per heavy atom. The number of likely N-dealkylation sites (N-methyl/N-ethyl adjacent to an activating group) is 1. The summed E-state index contributed by atoms with van der Waals surface area (Å²) in [5, 5.41) is 13.1. The zero-order chi connectivity index (χ0) is 17.8. The van der Waals surface area contributed by atoms with Crippen LogP contribution in [0, 0.1) is 0 Å². The Morgan fingerprint density at radius 2 is 1.77 bits per heavy atom. The fourth-order valence-corrected chi connectivity index (χ4v) is 4.76. The van der Waals surface area contributed by atoms with Crippen molar-refractivity contribution < 1.29 is 9.80 Å². The lowest BCUT2D eigenvalue weighted by Crippen LogP contribution is -3.28. The first-order valence-corrected chi connectivity index (χ1v) is 10.4. The number of hydrogen-bond donors (Lipinski definition) is 2. The summed E-state index contributed by atoms with van der Waals surface area (Å²) >= 11 is 0. The van der Waals surface area contributed by atoms with Crippen LogP contribution in [0.15, 0.2) is 30.3 Å². The minimum atomic E-state index is 0.242. The number of benzene rings is 1. The van der Waals surface area contributed by atoms with Crippen LogP contribution in [0.4, 0.5) is 0 Å². The Bertz CT molecular complexity index is 671. The van der Waals surface area contributed by atoms with Gasteiger partial charge >= 0.3 is 0 Å². The van der Waals surface area contributed by atoms with Crippen LogP contribution in [0.1, 0.15) is 62.5 Å². The number of hydrogen-bond acceptors (Lipinski definition) is 3. The van der Waals surface area contributed by atoms with Crippen molar-refractivity contribution in [2.24, 2.45) is 0 Å². The Hall–Kier alpha value is -1.79. The van der Waals surface area contributed by atoms with Crippen LogP contribution in [0.5, 0.6) is 0 Å². The van der Waals surface area contributed by atoms with Crippen LogP contribution in [0.25, 0.3) is 0 Å². The molecule has 6 heteroatoms. The molecule has 1 aromatic carbocycles. The van der Waals surface area contributed by atoms with Crippen LogP contribution in [0.3, 0.4) is 0 Å². The summed E-state index contributed by atoms with van der Waals surface area (Å²) in [7, 11) is 0. The third-order valence-electron chi connectivity index (χ3n) is 6.34. The molecule has 4 rings (SSSR count). The molecule has 26 heavy (non-hydrogen) atoms. The molecule has 1 aliphatic heterocycles. The number of nitrogens with one attached hydrogen (secondary N) is 2. The fraction of sp³-hybridized carbons (Fsp3) is 0.650. The van der Waals surface area contributed by atoms with Gasteiger partial charge in [-0.2, -0.15) is 0 Å². The summed E-state index contributed by atoms with van der Waals surface area (Å²) in [6.07, 6.45) is 6.37. The lowest BCUT2D eigenvalue weighted by atomic mass is 9.95.